The van der Waals surface area contributed by atoms with Gasteiger partial charge in [-0.3, -0.25) is 4.99 Å². The van der Waals surface area contributed by atoms with E-state index in [9.17, 15) is 0 Å². The summed E-state index contributed by atoms with van der Waals surface area (Å²) in [7, 11) is 4.22. The predicted molar refractivity (Wildman–Crippen MR) is 115 cm³/mol. The van der Waals surface area contributed by atoms with Crippen LogP contribution in [0.25, 0.3) is 0 Å². The summed E-state index contributed by atoms with van der Waals surface area (Å²) in [6, 6.07) is 10.9. The topological polar surface area (TPSA) is 39.7 Å². The molecule has 1 aromatic carbocycles. The van der Waals surface area contributed by atoms with Crippen molar-refractivity contribution in [3.8, 4) is 0 Å². The van der Waals surface area contributed by atoms with Crippen molar-refractivity contribution in [1.82, 2.24) is 15.5 Å². The van der Waals surface area contributed by atoms with Crippen molar-refractivity contribution in [3.63, 3.8) is 0 Å². The van der Waals surface area contributed by atoms with Gasteiger partial charge in [-0.1, -0.05) is 36.8 Å². The Kier molecular flexibility index (Phi) is 9.66. The molecule has 2 rings (SSSR count). The lowest BCUT2D eigenvalue weighted by Crippen LogP contribution is -2.42. The fourth-order valence-corrected chi connectivity index (χ4v) is 3.11. The average molecular weight is 444 g/mol. The Morgan fingerprint density at radius 1 is 1.17 bits per heavy atom. The van der Waals surface area contributed by atoms with Gasteiger partial charge >= 0.3 is 0 Å². The Labute approximate surface area is 164 Å². The number of hydrogen-bond donors (Lipinski definition) is 2. The first-order valence-corrected chi connectivity index (χ1v) is 8.89. The third-order valence-electron chi connectivity index (χ3n) is 4.66. The standard InChI is InChI=1S/C19H32N4.HI/c1-4-20-18(21-14-9-15-23(2)3)22-16-19(12-8-13-19)17-10-6-5-7-11-17;/h5-7,10-11H,4,8-9,12-16H2,1-3H3,(H2,20,21,22);1H. The van der Waals surface area contributed by atoms with E-state index < -0.39 is 0 Å². The molecule has 1 saturated carbocycles. The number of nitrogens with one attached hydrogen (secondary N) is 2. The smallest absolute Gasteiger partial charge is 0.191 e. The normalized spacial score (nSPS) is 16.2. The number of rotatable bonds is 8. The lowest BCUT2D eigenvalue weighted by molar-refractivity contribution is 0.253. The molecule has 136 valence electrons. The van der Waals surface area contributed by atoms with Gasteiger partial charge in [0.1, 0.15) is 0 Å². The van der Waals surface area contributed by atoms with Gasteiger partial charge in [-0.15, -0.1) is 24.0 Å². The molecule has 0 radical (unpaired) electrons. The minimum atomic E-state index is 0. The summed E-state index contributed by atoms with van der Waals surface area (Å²) in [6.07, 6.45) is 4.94. The second kappa shape index (κ2) is 10.9. The maximum atomic E-state index is 4.88. The van der Waals surface area contributed by atoms with Crippen LogP contribution in [0.3, 0.4) is 0 Å². The van der Waals surface area contributed by atoms with Gasteiger partial charge in [0.2, 0.25) is 0 Å². The highest BCUT2D eigenvalue weighted by atomic mass is 127. The van der Waals surface area contributed by atoms with Gasteiger partial charge in [0.25, 0.3) is 0 Å². The molecule has 0 heterocycles. The van der Waals surface area contributed by atoms with Gasteiger partial charge in [-0.2, -0.15) is 0 Å². The number of halogens is 1. The number of nitrogens with zero attached hydrogens (tertiary/aromatic N) is 2. The van der Waals surface area contributed by atoms with Crippen molar-refractivity contribution in [2.24, 2.45) is 4.99 Å². The van der Waals surface area contributed by atoms with Crippen molar-refractivity contribution in [1.29, 1.82) is 0 Å². The van der Waals surface area contributed by atoms with E-state index in [4.69, 9.17) is 4.99 Å². The maximum absolute atomic E-state index is 4.88. The zero-order chi connectivity index (χ0) is 16.5. The van der Waals surface area contributed by atoms with Crippen LogP contribution in [0, 0.1) is 0 Å². The lowest BCUT2D eigenvalue weighted by atomic mass is 9.64. The maximum Gasteiger partial charge on any atom is 0.191 e. The highest BCUT2D eigenvalue weighted by molar-refractivity contribution is 14.0. The summed E-state index contributed by atoms with van der Waals surface area (Å²) in [5, 5.41) is 6.83. The van der Waals surface area contributed by atoms with E-state index >= 15 is 0 Å². The summed E-state index contributed by atoms with van der Waals surface area (Å²) >= 11 is 0. The Bertz CT molecular complexity index is 483. The molecule has 2 N–H and O–H groups in total. The highest BCUT2D eigenvalue weighted by Crippen LogP contribution is 2.43. The van der Waals surface area contributed by atoms with Gasteiger partial charge in [-0.05, 0) is 52.4 Å². The van der Waals surface area contributed by atoms with Gasteiger partial charge in [0.15, 0.2) is 5.96 Å². The zero-order valence-electron chi connectivity index (χ0n) is 15.3. The summed E-state index contributed by atoms with van der Waals surface area (Å²) in [4.78, 5) is 7.09. The van der Waals surface area contributed by atoms with E-state index in [1.165, 1.54) is 24.8 Å². The summed E-state index contributed by atoms with van der Waals surface area (Å²) in [6.45, 7) is 5.95. The number of benzene rings is 1. The first-order chi connectivity index (χ1) is 11.2. The van der Waals surface area contributed by atoms with Crippen LogP contribution in [0.15, 0.2) is 35.3 Å². The highest BCUT2D eigenvalue weighted by Gasteiger charge is 2.38. The minimum Gasteiger partial charge on any atom is -0.357 e. The molecule has 24 heavy (non-hydrogen) atoms. The largest absolute Gasteiger partial charge is 0.357 e. The van der Waals surface area contributed by atoms with E-state index in [1.54, 1.807) is 0 Å². The molecular weight excluding hydrogens is 411 g/mol. The van der Waals surface area contributed by atoms with Crippen molar-refractivity contribution in [2.45, 2.75) is 38.0 Å². The van der Waals surface area contributed by atoms with Crippen molar-refractivity contribution < 1.29 is 0 Å². The molecule has 1 aliphatic carbocycles. The van der Waals surface area contributed by atoms with Crippen LogP contribution in [0.4, 0.5) is 0 Å². The molecule has 0 aliphatic heterocycles. The van der Waals surface area contributed by atoms with Crippen LogP contribution < -0.4 is 10.6 Å². The van der Waals surface area contributed by atoms with Crippen LogP contribution in [-0.2, 0) is 5.41 Å². The Hall–Kier alpha value is -0.820. The lowest BCUT2D eigenvalue weighted by Gasteiger charge is -2.41. The van der Waals surface area contributed by atoms with E-state index in [0.29, 0.717) is 0 Å². The third kappa shape index (κ3) is 6.24. The number of guanidine groups is 1. The molecule has 0 spiro atoms. The second-order valence-corrected chi connectivity index (χ2v) is 6.78. The molecule has 0 saturated heterocycles. The Morgan fingerprint density at radius 3 is 2.42 bits per heavy atom. The number of aliphatic imine (C=N–C) groups is 1. The van der Waals surface area contributed by atoms with Gasteiger partial charge < -0.3 is 15.5 Å². The van der Waals surface area contributed by atoms with Crippen LogP contribution in [-0.4, -0.2) is 51.1 Å². The molecule has 1 fully saturated rings. The first-order valence-electron chi connectivity index (χ1n) is 8.89. The molecule has 0 aromatic heterocycles. The Morgan fingerprint density at radius 2 is 1.88 bits per heavy atom. The van der Waals surface area contributed by atoms with Gasteiger partial charge in [-0.25, -0.2) is 0 Å². The molecule has 0 atom stereocenters. The van der Waals surface area contributed by atoms with Gasteiger partial charge in [0, 0.05) is 18.5 Å². The molecule has 0 unspecified atom stereocenters. The monoisotopic (exact) mass is 444 g/mol. The van der Waals surface area contributed by atoms with Crippen molar-refractivity contribution in [3.05, 3.63) is 35.9 Å². The minimum absolute atomic E-state index is 0. The molecule has 5 heteroatoms. The molecule has 4 nitrogen and oxygen atoms in total. The summed E-state index contributed by atoms with van der Waals surface area (Å²) in [5.74, 6) is 0.952. The fourth-order valence-electron chi connectivity index (χ4n) is 3.11. The summed E-state index contributed by atoms with van der Waals surface area (Å²) in [5.41, 5.74) is 1.70. The Balaban J connectivity index is 0.00000288. The zero-order valence-corrected chi connectivity index (χ0v) is 17.7. The first kappa shape index (κ1) is 21.2. The molecule has 0 bridgehead atoms. The molecule has 0 amide bonds. The second-order valence-electron chi connectivity index (χ2n) is 6.78. The summed E-state index contributed by atoms with van der Waals surface area (Å²) < 4.78 is 0. The van der Waals surface area contributed by atoms with Crippen LogP contribution in [0.5, 0.6) is 0 Å². The average Bonchev–Trinajstić information content (AvgIpc) is 2.51. The van der Waals surface area contributed by atoms with Crippen LogP contribution in [0.2, 0.25) is 0 Å². The van der Waals surface area contributed by atoms with Crippen LogP contribution in [0.1, 0.15) is 38.2 Å². The van der Waals surface area contributed by atoms with E-state index in [0.717, 1.165) is 38.6 Å². The molecule has 1 aliphatic rings. The number of hydrogen-bond acceptors (Lipinski definition) is 2. The van der Waals surface area contributed by atoms with Crippen LogP contribution >= 0.6 is 24.0 Å². The fraction of sp³-hybridized carbons (Fsp3) is 0.632. The van der Waals surface area contributed by atoms with Crippen molar-refractivity contribution >= 4 is 29.9 Å². The predicted octanol–water partition coefficient (Wildman–Crippen LogP) is 3.23. The third-order valence-corrected chi connectivity index (χ3v) is 4.66. The van der Waals surface area contributed by atoms with Gasteiger partial charge in [0.05, 0.1) is 6.54 Å². The van der Waals surface area contributed by atoms with E-state index in [-0.39, 0.29) is 29.4 Å². The molecule has 1 aromatic rings. The SMILES string of the molecule is CCNC(=NCC1(c2ccccc2)CCC1)NCCCN(C)C.I. The quantitative estimate of drug-likeness (QED) is 0.280. The van der Waals surface area contributed by atoms with E-state index in [1.807, 2.05) is 0 Å². The molecular formula is C19H33IN4. The van der Waals surface area contributed by atoms with E-state index in [2.05, 4.69) is 66.9 Å². The van der Waals surface area contributed by atoms with Crippen molar-refractivity contribution in [2.75, 3.05) is 40.3 Å².